The van der Waals surface area contributed by atoms with Gasteiger partial charge < -0.3 is 10.1 Å². The highest BCUT2D eigenvalue weighted by Gasteiger charge is 2.47. The molecule has 3 aromatic rings. The molecule has 4 rings (SSSR count). The summed E-state index contributed by atoms with van der Waals surface area (Å²) in [5.74, 6) is -1.43. The van der Waals surface area contributed by atoms with Crippen molar-refractivity contribution in [1.29, 1.82) is 0 Å². The van der Waals surface area contributed by atoms with Crippen LogP contribution >= 0.6 is 0 Å². The summed E-state index contributed by atoms with van der Waals surface area (Å²) in [5, 5.41) is 2.83. The van der Waals surface area contributed by atoms with Gasteiger partial charge in [-0.25, -0.2) is 13.2 Å². The molecule has 1 N–H and O–H groups in total. The van der Waals surface area contributed by atoms with E-state index in [2.05, 4.69) is 5.32 Å². The van der Waals surface area contributed by atoms with E-state index in [1.165, 1.54) is 4.31 Å². The fraction of sp³-hybridized carbons (Fsp3) is 0.310. The summed E-state index contributed by atoms with van der Waals surface area (Å²) in [6, 6.07) is 23.4. The molecule has 0 spiro atoms. The largest absolute Gasteiger partial charge is 0.464 e. The molecule has 1 saturated heterocycles. The van der Waals surface area contributed by atoms with E-state index in [0.29, 0.717) is 6.42 Å². The van der Waals surface area contributed by atoms with Crippen molar-refractivity contribution in [3.05, 3.63) is 102 Å². The molecule has 1 aliphatic rings. The van der Waals surface area contributed by atoms with Crippen LogP contribution in [-0.4, -0.2) is 49.8 Å². The van der Waals surface area contributed by atoms with Crippen molar-refractivity contribution in [3.8, 4) is 0 Å². The van der Waals surface area contributed by atoms with E-state index in [9.17, 15) is 18.0 Å². The average molecular weight is 521 g/mol. The topological polar surface area (TPSA) is 92.8 Å². The Morgan fingerprint density at radius 3 is 2.22 bits per heavy atom. The quantitative estimate of drug-likeness (QED) is 0.433. The van der Waals surface area contributed by atoms with Gasteiger partial charge in [-0.2, -0.15) is 4.31 Å². The summed E-state index contributed by atoms with van der Waals surface area (Å²) in [7, 11) is -3.96. The number of nitrogens with one attached hydrogen (secondary N) is 1. The second-order valence-electron chi connectivity index (χ2n) is 9.18. The monoisotopic (exact) mass is 520 g/mol. The molecular weight excluding hydrogens is 488 g/mol. The number of aryl methyl sites for hydroxylation is 1. The van der Waals surface area contributed by atoms with Crippen LogP contribution in [0.15, 0.2) is 89.8 Å². The van der Waals surface area contributed by atoms with Gasteiger partial charge in [0.1, 0.15) is 12.1 Å². The van der Waals surface area contributed by atoms with Crippen molar-refractivity contribution in [2.75, 3.05) is 13.2 Å². The standard InChI is InChI=1S/C29H32N2O5S/c1-3-36-29(33)26(20-22-10-6-4-7-11-22)30-28(32)27-25(23-12-8-5-9-13-23)18-19-31(27)37(34,35)24-16-14-21(2)15-17-24/h4-17,25-27H,3,18-20H2,1-2H3,(H,30,32)/t25?,26-,27-/m0/s1. The van der Waals surface area contributed by atoms with Gasteiger partial charge in [0.05, 0.1) is 11.5 Å². The molecule has 3 atom stereocenters. The van der Waals surface area contributed by atoms with Crippen molar-refractivity contribution in [2.24, 2.45) is 0 Å². The van der Waals surface area contributed by atoms with Gasteiger partial charge in [-0.1, -0.05) is 78.4 Å². The number of sulfonamides is 1. The molecule has 0 aliphatic carbocycles. The lowest BCUT2D eigenvalue weighted by Crippen LogP contribution is -2.53. The third kappa shape index (κ3) is 6.09. The number of esters is 1. The number of ether oxygens (including phenoxy) is 1. The van der Waals surface area contributed by atoms with Crippen molar-refractivity contribution in [2.45, 2.75) is 49.6 Å². The van der Waals surface area contributed by atoms with Gasteiger partial charge in [-0.3, -0.25) is 4.79 Å². The number of benzene rings is 3. The smallest absolute Gasteiger partial charge is 0.328 e. The number of hydrogen-bond acceptors (Lipinski definition) is 5. The first-order valence-corrected chi connectivity index (χ1v) is 13.9. The highest BCUT2D eigenvalue weighted by molar-refractivity contribution is 7.89. The van der Waals surface area contributed by atoms with Gasteiger partial charge in [0.2, 0.25) is 15.9 Å². The van der Waals surface area contributed by atoms with E-state index in [-0.39, 0.29) is 30.4 Å². The predicted molar refractivity (Wildman–Crippen MR) is 141 cm³/mol. The Kier molecular flexibility index (Phi) is 8.41. The van der Waals surface area contributed by atoms with Crippen molar-refractivity contribution >= 4 is 21.9 Å². The molecule has 37 heavy (non-hydrogen) atoms. The Hall–Kier alpha value is -3.49. The summed E-state index contributed by atoms with van der Waals surface area (Å²) >= 11 is 0. The average Bonchev–Trinajstić information content (AvgIpc) is 3.36. The number of rotatable bonds is 9. The molecule has 0 bridgehead atoms. The third-order valence-corrected chi connectivity index (χ3v) is 8.54. The highest BCUT2D eigenvalue weighted by Crippen LogP contribution is 2.37. The number of nitrogens with zero attached hydrogens (tertiary/aromatic N) is 1. The summed E-state index contributed by atoms with van der Waals surface area (Å²) in [4.78, 5) is 26.8. The van der Waals surface area contributed by atoms with Gasteiger partial charge in [0.25, 0.3) is 0 Å². The van der Waals surface area contributed by atoms with Crippen LogP contribution in [0.5, 0.6) is 0 Å². The van der Waals surface area contributed by atoms with Gasteiger partial charge in [0.15, 0.2) is 0 Å². The zero-order valence-electron chi connectivity index (χ0n) is 21.0. The molecule has 8 heteroatoms. The maximum Gasteiger partial charge on any atom is 0.328 e. The van der Waals surface area contributed by atoms with Crippen LogP contribution in [0.3, 0.4) is 0 Å². The van der Waals surface area contributed by atoms with E-state index in [1.807, 2.05) is 67.6 Å². The molecule has 1 aliphatic heterocycles. The molecule has 1 unspecified atom stereocenters. The van der Waals surface area contributed by atoms with Crippen LogP contribution in [0.4, 0.5) is 0 Å². The van der Waals surface area contributed by atoms with Crippen molar-refractivity contribution < 1.29 is 22.7 Å². The Morgan fingerprint density at radius 2 is 1.59 bits per heavy atom. The van der Waals surface area contributed by atoms with Gasteiger partial charge in [0, 0.05) is 18.9 Å². The van der Waals surface area contributed by atoms with Gasteiger partial charge >= 0.3 is 5.97 Å². The first-order chi connectivity index (χ1) is 17.8. The first kappa shape index (κ1) is 26.6. The molecule has 194 valence electrons. The lowest BCUT2D eigenvalue weighted by molar-refractivity contribution is -0.147. The number of hydrogen-bond donors (Lipinski definition) is 1. The summed E-state index contributed by atoms with van der Waals surface area (Å²) in [5.41, 5.74) is 2.67. The van der Waals surface area contributed by atoms with E-state index in [1.54, 1.807) is 31.2 Å². The summed E-state index contributed by atoms with van der Waals surface area (Å²) < 4.78 is 33.9. The molecule has 1 heterocycles. The summed E-state index contributed by atoms with van der Waals surface area (Å²) in [6.07, 6.45) is 0.717. The first-order valence-electron chi connectivity index (χ1n) is 12.5. The molecule has 0 radical (unpaired) electrons. The van der Waals surface area contributed by atoms with Crippen LogP contribution in [0.2, 0.25) is 0 Å². The number of carbonyl (C=O) groups is 2. The lowest BCUT2D eigenvalue weighted by atomic mass is 9.91. The second kappa shape index (κ2) is 11.7. The van der Waals surface area contributed by atoms with E-state index in [4.69, 9.17) is 4.74 Å². The van der Waals surface area contributed by atoms with E-state index < -0.39 is 34.0 Å². The molecule has 7 nitrogen and oxygen atoms in total. The molecule has 3 aromatic carbocycles. The number of amides is 1. The van der Waals surface area contributed by atoms with Crippen LogP contribution in [0, 0.1) is 6.92 Å². The molecular formula is C29H32N2O5S. The van der Waals surface area contributed by atoms with E-state index in [0.717, 1.165) is 16.7 Å². The zero-order valence-corrected chi connectivity index (χ0v) is 21.9. The zero-order chi connectivity index (χ0) is 26.4. The minimum atomic E-state index is -3.96. The molecule has 1 fully saturated rings. The molecule has 1 amide bonds. The summed E-state index contributed by atoms with van der Waals surface area (Å²) in [6.45, 7) is 3.95. The third-order valence-electron chi connectivity index (χ3n) is 6.65. The predicted octanol–water partition coefficient (Wildman–Crippen LogP) is 3.83. The Morgan fingerprint density at radius 1 is 0.973 bits per heavy atom. The maximum absolute atomic E-state index is 13.9. The Labute approximate surface area is 218 Å². The number of carbonyl (C=O) groups excluding carboxylic acids is 2. The van der Waals surface area contributed by atoms with Crippen molar-refractivity contribution in [3.63, 3.8) is 0 Å². The van der Waals surface area contributed by atoms with Crippen LogP contribution < -0.4 is 5.32 Å². The highest BCUT2D eigenvalue weighted by atomic mass is 32.2. The van der Waals surface area contributed by atoms with Gasteiger partial charge in [-0.05, 0) is 43.5 Å². The molecule has 0 aromatic heterocycles. The second-order valence-corrected chi connectivity index (χ2v) is 11.1. The van der Waals surface area contributed by atoms with Crippen LogP contribution in [0.25, 0.3) is 0 Å². The SMILES string of the molecule is CCOC(=O)[C@H](Cc1ccccc1)NC(=O)[C@@H]1C(c2ccccc2)CCN1S(=O)(=O)c1ccc(C)cc1. The van der Waals surface area contributed by atoms with Crippen LogP contribution in [0.1, 0.15) is 36.0 Å². The Balaban J connectivity index is 1.68. The van der Waals surface area contributed by atoms with Crippen molar-refractivity contribution in [1.82, 2.24) is 9.62 Å². The maximum atomic E-state index is 13.9. The minimum Gasteiger partial charge on any atom is -0.464 e. The van der Waals surface area contributed by atoms with Gasteiger partial charge in [-0.15, -0.1) is 0 Å². The fourth-order valence-electron chi connectivity index (χ4n) is 4.79. The fourth-order valence-corrected chi connectivity index (χ4v) is 6.42. The van der Waals surface area contributed by atoms with Crippen LogP contribution in [-0.2, 0) is 30.8 Å². The molecule has 0 saturated carbocycles. The minimum absolute atomic E-state index is 0.135. The Bertz CT molecular complexity index is 1310. The normalized spacial score (nSPS) is 18.8. The lowest BCUT2D eigenvalue weighted by Gasteiger charge is -2.29. The van der Waals surface area contributed by atoms with E-state index >= 15 is 0 Å².